The predicted octanol–water partition coefficient (Wildman–Crippen LogP) is 6.99. The van der Waals surface area contributed by atoms with Crippen molar-refractivity contribution < 1.29 is 4.79 Å². The van der Waals surface area contributed by atoms with Crippen molar-refractivity contribution in [2.24, 2.45) is 0 Å². The van der Waals surface area contributed by atoms with E-state index in [0.29, 0.717) is 13.0 Å². The Morgan fingerprint density at radius 2 is 1.56 bits per heavy atom. The Kier molecular flexibility index (Phi) is 5.40. The van der Waals surface area contributed by atoms with Crippen molar-refractivity contribution in [2.75, 3.05) is 11.4 Å². The number of imidazole rings is 1. The molecule has 1 aliphatic rings. The number of rotatable bonds is 4. The van der Waals surface area contributed by atoms with E-state index in [0.717, 1.165) is 39.9 Å². The molecule has 36 heavy (non-hydrogen) atoms. The van der Waals surface area contributed by atoms with E-state index >= 15 is 0 Å². The Bertz CT molecular complexity index is 1610. The molecule has 0 saturated carbocycles. The van der Waals surface area contributed by atoms with Crippen LogP contribution in [0.2, 0.25) is 0 Å². The summed E-state index contributed by atoms with van der Waals surface area (Å²) < 4.78 is 2.36. The highest BCUT2D eigenvalue weighted by atomic mass is 16.2. The van der Waals surface area contributed by atoms with Crippen LogP contribution in [0.1, 0.15) is 46.0 Å². The van der Waals surface area contributed by atoms with Gasteiger partial charge in [-0.05, 0) is 79.1 Å². The van der Waals surface area contributed by atoms with Gasteiger partial charge in [-0.25, -0.2) is 4.98 Å². The molecule has 180 valence electrons. The van der Waals surface area contributed by atoms with E-state index in [1.165, 1.54) is 27.8 Å². The van der Waals surface area contributed by atoms with Gasteiger partial charge in [0.05, 0.1) is 16.7 Å². The third-order valence-electron chi connectivity index (χ3n) is 8.07. The molecule has 4 nitrogen and oxygen atoms in total. The summed E-state index contributed by atoms with van der Waals surface area (Å²) in [5.74, 6) is 1.20. The largest absolute Gasteiger partial charge is 0.323 e. The molecule has 2 heterocycles. The minimum absolute atomic E-state index is 0.0374. The Morgan fingerprint density at radius 3 is 2.36 bits per heavy atom. The fourth-order valence-electron chi connectivity index (χ4n) is 5.82. The van der Waals surface area contributed by atoms with E-state index in [2.05, 4.69) is 80.8 Å². The first-order valence-corrected chi connectivity index (χ1v) is 12.7. The summed E-state index contributed by atoms with van der Waals surface area (Å²) in [6.07, 6.45) is 0.470. The molecule has 1 unspecified atom stereocenters. The maximum absolute atomic E-state index is 13.4. The zero-order chi connectivity index (χ0) is 25.0. The molecule has 1 fully saturated rings. The summed E-state index contributed by atoms with van der Waals surface area (Å²) in [6, 6.07) is 25.1. The van der Waals surface area contributed by atoms with E-state index in [4.69, 9.17) is 4.98 Å². The van der Waals surface area contributed by atoms with Gasteiger partial charge in [-0.3, -0.25) is 4.79 Å². The second-order valence-electron chi connectivity index (χ2n) is 10.2. The number of hydrogen-bond donors (Lipinski definition) is 0. The van der Waals surface area contributed by atoms with Gasteiger partial charge < -0.3 is 9.47 Å². The van der Waals surface area contributed by atoms with Crippen LogP contribution in [-0.2, 0) is 11.3 Å². The van der Waals surface area contributed by atoms with Crippen molar-refractivity contribution >= 4 is 33.4 Å². The number of benzene rings is 4. The number of anilines is 1. The Labute approximate surface area is 212 Å². The lowest BCUT2D eigenvalue weighted by Crippen LogP contribution is -2.24. The zero-order valence-corrected chi connectivity index (χ0v) is 21.4. The molecule has 6 rings (SSSR count). The van der Waals surface area contributed by atoms with Gasteiger partial charge in [0.25, 0.3) is 0 Å². The highest BCUT2D eigenvalue weighted by Gasteiger charge is 2.35. The third-order valence-corrected chi connectivity index (χ3v) is 8.07. The number of aryl methyl sites for hydroxylation is 2. The van der Waals surface area contributed by atoms with Gasteiger partial charge in [-0.15, -0.1) is 0 Å². The van der Waals surface area contributed by atoms with E-state index in [1.807, 2.05) is 29.2 Å². The van der Waals surface area contributed by atoms with Crippen LogP contribution in [0, 0.1) is 27.7 Å². The molecule has 0 bridgehead atoms. The van der Waals surface area contributed by atoms with Crippen LogP contribution in [0.25, 0.3) is 21.8 Å². The van der Waals surface area contributed by atoms with Crippen molar-refractivity contribution in [1.82, 2.24) is 9.55 Å². The second-order valence-corrected chi connectivity index (χ2v) is 10.2. The smallest absolute Gasteiger partial charge is 0.227 e. The van der Waals surface area contributed by atoms with Gasteiger partial charge in [0.15, 0.2) is 0 Å². The average Bonchev–Trinajstić information content (AvgIpc) is 3.45. The van der Waals surface area contributed by atoms with Crippen molar-refractivity contribution in [2.45, 2.75) is 46.6 Å². The number of aromatic nitrogens is 2. The molecule has 1 atom stereocenters. The molecule has 1 amide bonds. The molecular formula is C32H31N3O. The number of para-hydroxylation sites is 2. The molecule has 0 radical (unpaired) electrons. The second kappa shape index (κ2) is 8.63. The van der Waals surface area contributed by atoms with Crippen LogP contribution >= 0.6 is 0 Å². The lowest BCUT2D eigenvalue weighted by Gasteiger charge is -2.21. The number of hydrogen-bond acceptors (Lipinski definition) is 2. The topological polar surface area (TPSA) is 38.1 Å². The first-order valence-electron chi connectivity index (χ1n) is 12.7. The minimum atomic E-state index is 0.0374. The van der Waals surface area contributed by atoms with Gasteiger partial charge in [-0.1, -0.05) is 54.6 Å². The molecule has 0 N–H and O–H groups in total. The Morgan fingerprint density at radius 1 is 0.861 bits per heavy atom. The number of fused-ring (bicyclic) bond motifs is 2. The summed E-state index contributed by atoms with van der Waals surface area (Å²) in [4.78, 5) is 20.4. The highest BCUT2D eigenvalue weighted by Crippen LogP contribution is 2.37. The maximum Gasteiger partial charge on any atom is 0.227 e. The lowest BCUT2D eigenvalue weighted by molar-refractivity contribution is -0.117. The number of nitrogens with zero attached hydrogens (tertiary/aromatic N) is 3. The van der Waals surface area contributed by atoms with Gasteiger partial charge in [0, 0.05) is 30.8 Å². The van der Waals surface area contributed by atoms with Crippen molar-refractivity contribution in [3.05, 3.63) is 106 Å². The molecular weight excluding hydrogens is 442 g/mol. The fourth-order valence-corrected chi connectivity index (χ4v) is 5.82. The van der Waals surface area contributed by atoms with Crippen LogP contribution in [-0.4, -0.2) is 22.0 Å². The number of carbonyl (C=O) groups excluding carboxylic acids is 1. The van der Waals surface area contributed by atoms with E-state index in [1.54, 1.807) is 0 Å². The number of amides is 1. The standard InChI is InChI=1S/C32H31N3O/c1-20-16-21(2)23(4)27(22(20)3)19-35-30-14-8-7-13-28(30)33-32(35)25-17-31(36)34(18-25)29-15-9-11-24-10-5-6-12-26(24)29/h5-16,25H,17-19H2,1-4H3. The van der Waals surface area contributed by atoms with Gasteiger partial charge >= 0.3 is 0 Å². The maximum atomic E-state index is 13.4. The van der Waals surface area contributed by atoms with Gasteiger partial charge in [0.1, 0.15) is 5.82 Å². The summed E-state index contributed by atoms with van der Waals surface area (Å²) in [5, 5.41) is 2.27. The highest BCUT2D eigenvalue weighted by molar-refractivity contribution is 6.05. The van der Waals surface area contributed by atoms with Gasteiger partial charge in [0.2, 0.25) is 5.91 Å². The summed E-state index contributed by atoms with van der Waals surface area (Å²) in [7, 11) is 0. The number of carbonyl (C=O) groups is 1. The molecule has 4 heteroatoms. The fraction of sp³-hybridized carbons (Fsp3) is 0.250. The first kappa shape index (κ1) is 22.5. The van der Waals surface area contributed by atoms with Crippen molar-refractivity contribution in [3.63, 3.8) is 0 Å². The molecule has 1 aromatic heterocycles. The molecule has 1 aliphatic heterocycles. The zero-order valence-electron chi connectivity index (χ0n) is 21.4. The van der Waals surface area contributed by atoms with E-state index in [-0.39, 0.29) is 11.8 Å². The van der Waals surface area contributed by atoms with Crippen molar-refractivity contribution in [1.29, 1.82) is 0 Å². The predicted molar refractivity (Wildman–Crippen MR) is 148 cm³/mol. The van der Waals surface area contributed by atoms with Crippen LogP contribution < -0.4 is 4.90 Å². The van der Waals surface area contributed by atoms with E-state index < -0.39 is 0 Å². The molecule has 0 spiro atoms. The van der Waals surface area contributed by atoms with Crippen molar-refractivity contribution in [3.8, 4) is 0 Å². The lowest BCUT2D eigenvalue weighted by atomic mass is 9.94. The van der Waals surface area contributed by atoms with Crippen LogP contribution in [0.5, 0.6) is 0 Å². The third kappa shape index (κ3) is 3.60. The SMILES string of the molecule is Cc1cc(C)c(C)c(Cn2c(C3CC(=O)N(c4cccc5ccccc45)C3)nc3ccccc32)c1C. The molecule has 5 aromatic rings. The van der Waals surface area contributed by atoms with Gasteiger partial charge in [-0.2, -0.15) is 0 Å². The summed E-state index contributed by atoms with van der Waals surface area (Å²) >= 11 is 0. The minimum Gasteiger partial charge on any atom is -0.323 e. The average molecular weight is 474 g/mol. The normalized spacial score (nSPS) is 15.9. The summed E-state index contributed by atoms with van der Waals surface area (Å²) in [6.45, 7) is 10.2. The molecule has 1 saturated heterocycles. The summed E-state index contributed by atoms with van der Waals surface area (Å²) in [5.41, 5.74) is 9.76. The first-order chi connectivity index (χ1) is 17.4. The Hall–Kier alpha value is -3.92. The van der Waals surface area contributed by atoms with Crippen LogP contribution in [0.3, 0.4) is 0 Å². The monoisotopic (exact) mass is 473 g/mol. The van der Waals surface area contributed by atoms with Crippen LogP contribution in [0.15, 0.2) is 72.8 Å². The molecule has 0 aliphatic carbocycles. The van der Waals surface area contributed by atoms with E-state index in [9.17, 15) is 4.79 Å². The van der Waals surface area contributed by atoms with Crippen LogP contribution in [0.4, 0.5) is 5.69 Å². The quantitative estimate of drug-likeness (QED) is 0.282. The molecule has 4 aromatic carbocycles. The Balaban J connectivity index is 1.44.